The summed E-state index contributed by atoms with van der Waals surface area (Å²) in [5.74, 6) is -0.844. The number of thiazole rings is 1. The lowest BCUT2D eigenvalue weighted by atomic mass is 10.2. The summed E-state index contributed by atoms with van der Waals surface area (Å²) in [6.45, 7) is 2.87. The second-order valence-corrected chi connectivity index (χ2v) is 6.98. The van der Waals surface area contributed by atoms with E-state index in [4.69, 9.17) is 4.74 Å². The number of aromatic nitrogens is 1. The maximum Gasteiger partial charge on any atom is 0.338 e. The molecule has 29 heavy (non-hydrogen) atoms. The number of anilines is 3. The average Bonchev–Trinajstić information content (AvgIpc) is 3.15. The molecule has 8 heteroatoms. The highest BCUT2D eigenvalue weighted by molar-refractivity contribution is 7.14. The van der Waals surface area contributed by atoms with E-state index >= 15 is 0 Å². The van der Waals surface area contributed by atoms with Gasteiger partial charge in [0, 0.05) is 24.9 Å². The number of carbonyl (C=O) groups excluding carboxylic acids is 3. The van der Waals surface area contributed by atoms with Crippen LogP contribution in [0.25, 0.3) is 0 Å². The van der Waals surface area contributed by atoms with E-state index in [0.717, 1.165) is 5.69 Å². The lowest BCUT2D eigenvalue weighted by molar-refractivity contribution is -0.116. The van der Waals surface area contributed by atoms with Gasteiger partial charge in [-0.25, -0.2) is 9.78 Å². The van der Waals surface area contributed by atoms with Crippen LogP contribution in [-0.2, 0) is 20.9 Å². The van der Waals surface area contributed by atoms with Gasteiger partial charge in [-0.15, -0.1) is 11.3 Å². The molecule has 2 aromatic carbocycles. The quantitative estimate of drug-likeness (QED) is 0.618. The Morgan fingerprint density at radius 3 is 2.34 bits per heavy atom. The van der Waals surface area contributed by atoms with Crippen molar-refractivity contribution in [2.45, 2.75) is 20.5 Å². The molecular formula is C21H19N3O4S. The van der Waals surface area contributed by atoms with Crippen molar-refractivity contribution in [2.75, 3.05) is 10.2 Å². The zero-order valence-electron chi connectivity index (χ0n) is 15.9. The van der Waals surface area contributed by atoms with Crippen LogP contribution in [0.2, 0.25) is 0 Å². The fourth-order valence-electron chi connectivity index (χ4n) is 2.59. The summed E-state index contributed by atoms with van der Waals surface area (Å²) in [6.07, 6.45) is 0. The highest BCUT2D eigenvalue weighted by Gasteiger charge is 2.18. The summed E-state index contributed by atoms with van der Waals surface area (Å²) < 4.78 is 5.31. The Morgan fingerprint density at radius 2 is 1.72 bits per heavy atom. The first kappa shape index (κ1) is 20.2. The van der Waals surface area contributed by atoms with E-state index in [1.165, 1.54) is 30.1 Å². The molecule has 1 N–H and O–H groups in total. The Labute approximate surface area is 172 Å². The predicted molar refractivity (Wildman–Crippen MR) is 111 cm³/mol. The Balaban J connectivity index is 1.64. The maximum absolute atomic E-state index is 12.2. The third-order valence-electron chi connectivity index (χ3n) is 3.85. The van der Waals surface area contributed by atoms with E-state index in [-0.39, 0.29) is 18.4 Å². The summed E-state index contributed by atoms with van der Waals surface area (Å²) >= 11 is 1.30. The summed E-state index contributed by atoms with van der Waals surface area (Å²) in [6, 6.07) is 15.6. The standard InChI is InChI=1S/C21H19N3O4S/c1-14(25)22-17-10-8-16(9-11-17)20(27)28-12-18-13-29-21(23-18)24(15(2)26)19-6-4-3-5-7-19/h3-11,13H,12H2,1-2H3,(H,22,25). The molecule has 0 unspecified atom stereocenters. The molecule has 0 aliphatic rings. The molecule has 0 atom stereocenters. The SMILES string of the molecule is CC(=O)Nc1ccc(C(=O)OCc2csc(N(C(C)=O)c3ccccc3)n2)cc1. The zero-order chi connectivity index (χ0) is 20.8. The molecule has 0 bridgehead atoms. The van der Waals surface area contributed by atoms with Crippen molar-refractivity contribution in [3.05, 3.63) is 71.2 Å². The van der Waals surface area contributed by atoms with Gasteiger partial charge in [-0.1, -0.05) is 18.2 Å². The molecule has 0 saturated heterocycles. The number of amides is 2. The minimum Gasteiger partial charge on any atom is -0.456 e. The van der Waals surface area contributed by atoms with Gasteiger partial charge in [0.15, 0.2) is 5.13 Å². The molecule has 148 valence electrons. The summed E-state index contributed by atoms with van der Waals surface area (Å²) in [4.78, 5) is 41.3. The number of rotatable bonds is 6. The lowest BCUT2D eigenvalue weighted by Crippen LogP contribution is -2.22. The van der Waals surface area contributed by atoms with E-state index in [2.05, 4.69) is 10.3 Å². The molecule has 2 amide bonds. The van der Waals surface area contributed by atoms with E-state index < -0.39 is 5.97 Å². The number of esters is 1. The highest BCUT2D eigenvalue weighted by Crippen LogP contribution is 2.29. The zero-order valence-corrected chi connectivity index (χ0v) is 16.7. The van der Waals surface area contributed by atoms with Gasteiger partial charge in [0.2, 0.25) is 11.8 Å². The van der Waals surface area contributed by atoms with Crippen LogP contribution in [0.5, 0.6) is 0 Å². The molecule has 0 spiro atoms. The van der Waals surface area contributed by atoms with Crippen molar-refractivity contribution in [3.63, 3.8) is 0 Å². The fraction of sp³-hybridized carbons (Fsp3) is 0.143. The first-order valence-electron chi connectivity index (χ1n) is 8.79. The van der Waals surface area contributed by atoms with Gasteiger partial charge in [0.25, 0.3) is 0 Å². The van der Waals surface area contributed by atoms with E-state index in [1.54, 1.807) is 29.6 Å². The summed E-state index contributed by atoms with van der Waals surface area (Å²) in [7, 11) is 0. The molecular weight excluding hydrogens is 390 g/mol. The smallest absolute Gasteiger partial charge is 0.338 e. The minimum atomic E-state index is -0.500. The third kappa shape index (κ3) is 5.26. The van der Waals surface area contributed by atoms with Crippen LogP contribution >= 0.6 is 11.3 Å². The van der Waals surface area contributed by atoms with E-state index in [0.29, 0.717) is 22.1 Å². The topological polar surface area (TPSA) is 88.6 Å². The van der Waals surface area contributed by atoms with Crippen LogP contribution in [0.15, 0.2) is 60.0 Å². The summed E-state index contributed by atoms with van der Waals surface area (Å²) in [5, 5.41) is 4.89. The van der Waals surface area contributed by atoms with Gasteiger partial charge in [-0.2, -0.15) is 0 Å². The molecule has 0 fully saturated rings. The normalized spacial score (nSPS) is 10.3. The van der Waals surface area contributed by atoms with E-state index in [9.17, 15) is 14.4 Å². The van der Waals surface area contributed by atoms with Crippen LogP contribution in [0.3, 0.4) is 0 Å². The van der Waals surface area contributed by atoms with Crippen LogP contribution in [0, 0.1) is 0 Å². The van der Waals surface area contributed by atoms with Crippen molar-refractivity contribution in [3.8, 4) is 0 Å². The number of para-hydroxylation sites is 1. The second-order valence-electron chi connectivity index (χ2n) is 6.15. The molecule has 7 nitrogen and oxygen atoms in total. The van der Waals surface area contributed by atoms with Crippen LogP contribution in [0.1, 0.15) is 29.9 Å². The first-order chi connectivity index (χ1) is 13.9. The van der Waals surface area contributed by atoms with Gasteiger partial charge < -0.3 is 10.1 Å². The Hall–Kier alpha value is -3.52. The number of hydrogen-bond donors (Lipinski definition) is 1. The van der Waals surface area contributed by atoms with Gasteiger partial charge in [-0.05, 0) is 36.4 Å². The molecule has 0 radical (unpaired) electrons. The number of carbonyl (C=O) groups is 3. The summed E-state index contributed by atoms with van der Waals surface area (Å²) in [5.41, 5.74) is 2.24. The van der Waals surface area contributed by atoms with Gasteiger partial charge in [0.1, 0.15) is 6.61 Å². The number of ether oxygens (including phenoxy) is 1. The predicted octanol–water partition coefficient (Wildman–Crippen LogP) is 4.14. The van der Waals surface area contributed by atoms with Gasteiger partial charge in [-0.3, -0.25) is 14.5 Å². The van der Waals surface area contributed by atoms with Gasteiger partial charge in [0.05, 0.1) is 16.9 Å². The van der Waals surface area contributed by atoms with Gasteiger partial charge >= 0.3 is 5.97 Å². The highest BCUT2D eigenvalue weighted by atomic mass is 32.1. The van der Waals surface area contributed by atoms with Crippen molar-refractivity contribution in [1.82, 2.24) is 4.98 Å². The molecule has 1 aromatic heterocycles. The molecule has 0 aliphatic heterocycles. The minimum absolute atomic E-state index is 0.0106. The molecule has 3 rings (SSSR count). The second kappa shape index (κ2) is 9.11. The van der Waals surface area contributed by atoms with Crippen molar-refractivity contribution < 1.29 is 19.1 Å². The Bertz CT molecular complexity index is 1020. The van der Waals surface area contributed by atoms with Crippen molar-refractivity contribution >= 4 is 45.6 Å². The van der Waals surface area contributed by atoms with E-state index in [1.807, 2.05) is 30.3 Å². The molecule has 0 saturated carbocycles. The maximum atomic E-state index is 12.2. The van der Waals surface area contributed by atoms with Crippen LogP contribution in [0.4, 0.5) is 16.5 Å². The molecule has 1 heterocycles. The number of nitrogens with zero attached hydrogens (tertiary/aromatic N) is 2. The fourth-order valence-corrected chi connectivity index (χ4v) is 3.46. The first-order valence-corrected chi connectivity index (χ1v) is 9.67. The van der Waals surface area contributed by atoms with Crippen LogP contribution < -0.4 is 10.2 Å². The number of hydrogen-bond acceptors (Lipinski definition) is 6. The Kier molecular flexibility index (Phi) is 6.36. The number of nitrogens with one attached hydrogen (secondary N) is 1. The molecule has 0 aliphatic carbocycles. The molecule has 3 aromatic rings. The van der Waals surface area contributed by atoms with Crippen molar-refractivity contribution in [2.24, 2.45) is 0 Å². The monoisotopic (exact) mass is 409 g/mol. The third-order valence-corrected chi connectivity index (χ3v) is 4.73. The largest absolute Gasteiger partial charge is 0.456 e. The Morgan fingerprint density at radius 1 is 1.03 bits per heavy atom. The number of benzene rings is 2. The lowest BCUT2D eigenvalue weighted by Gasteiger charge is -2.17. The average molecular weight is 409 g/mol. The van der Waals surface area contributed by atoms with Crippen molar-refractivity contribution in [1.29, 1.82) is 0 Å². The van der Waals surface area contributed by atoms with Crippen LogP contribution in [-0.4, -0.2) is 22.8 Å².